The van der Waals surface area contributed by atoms with Crippen molar-refractivity contribution in [2.24, 2.45) is 5.92 Å². The monoisotopic (exact) mass is 468 g/mol. The Labute approximate surface area is 203 Å². The maximum atomic E-state index is 13.5. The molecule has 1 saturated carbocycles. The Hall–Kier alpha value is -4.26. The summed E-state index contributed by atoms with van der Waals surface area (Å²) in [6.45, 7) is 0.215. The van der Waals surface area contributed by atoms with Crippen LogP contribution in [0.2, 0.25) is 0 Å². The number of carbonyl (C=O) groups is 2. The van der Waals surface area contributed by atoms with E-state index < -0.39 is 0 Å². The molecule has 1 N–H and O–H groups in total. The second-order valence-electron chi connectivity index (χ2n) is 8.66. The second-order valence-corrected chi connectivity index (χ2v) is 8.66. The van der Waals surface area contributed by atoms with Gasteiger partial charge in [0.1, 0.15) is 5.82 Å². The molecule has 6 nitrogen and oxygen atoms in total. The van der Waals surface area contributed by atoms with Gasteiger partial charge in [-0.05, 0) is 61.4 Å². The summed E-state index contributed by atoms with van der Waals surface area (Å²) in [4.78, 5) is 27.3. The molecule has 0 unspecified atom stereocenters. The SMILES string of the molecule is CN(C(=O)C1CC1)c1ccccc1C(=O)NCc1cn(-c2ccccc2)nc1-c1ccc(F)cc1. The Morgan fingerprint density at radius 3 is 2.40 bits per heavy atom. The number of hydrogen-bond acceptors (Lipinski definition) is 3. The van der Waals surface area contributed by atoms with Gasteiger partial charge in [0.25, 0.3) is 5.91 Å². The van der Waals surface area contributed by atoms with Crippen LogP contribution in [0.1, 0.15) is 28.8 Å². The van der Waals surface area contributed by atoms with Gasteiger partial charge in [-0.25, -0.2) is 9.07 Å². The largest absolute Gasteiger partial charge is 0.348 e. The first-order valence-electron chi connectivity index (χ1n) is 11.6. The number of halogens is 1. The summed E-state index contributed by atoms with van der Waals surface area (Å²) in [6.07, 6.45) is 3.66. The zero-order valence-electron chi connectivity index (χ0n) is 19.3. The summed E-state index contributed by atoms with van der Waals surface area (Å²) in [6, 6.07) is 22.9. The minimum atomic E-state index is -0.326. The molecule has 1 aromatic heterocycles. The van der Waals surface area contributed by atoms with Crippen LogP contribution in [0.25, 0.3) is 16.9 Å². The van der Waals surface area contributed by atoms with E-state index in [-0.39, 0.29) is 30.1 Å². The number of carbonyl (C=O) groups excluding carboxylic acids is 2. The zero-order chi connectivity index (χ0) is 24.4. The first-order chi connectivity index (χ1) is 17.0. The molecule has 0 spiro atoms. The topological polar surface area (TPSA) is 67.2 Å². The average Bonchev–Trinajstić information content (AvgIpc) is 3.66. The number of nitrogens with one attached hydrogen (secondary N) is 1. The van der Waals surface area contributed by atoms with Crippen LogP contribution in [-0.2, 0) is 11.3 Å². The van der Waals surface area contributed by atoms with Crippen molar-refractivity contribution in [3.05, 3.63) is 102 Å². The number of amides is 2. The summed E-state index contributed by atoms with van der Waals surface area (Å²) in [5.41, 5.74) is 4.08. The molecular formula is C28H25FN4O2. The molecule has 0 atom stereocenters. The first-order valence-corrected chi connectivity index (χ1v) is 11.6. The van der Waals surface area contributed by atoms with E-state index >= 15 is 0 Å². The van der Waals surface area contributed by atoms with Crippen molar-refractivity contribution < 1.29 is 14.0 Å². The fourth-order valence-electron chi connectivity index (χ4n) is 4.05. The highest BCUT2D eigenvalue weighted by Gasteiger charge is 2.33. The number of rotatable bonds is 7. The van der Waals surface area contributed by atoms with E-state index in [1.165, 1.54) is 12.1 Å². The predicted molar refractivity (Wildman–Crippen MR) is 133 cm³/mol. The van der Waals surface area contributed by atoms with Crippen molar-refractivity contribution >= 4 is 17.5 Å². The summed E-state index contributed by atoms with van der Waals surface area (Å²) in [5.74, 6) is -0.521. The highest BCUT2D eigenvalue weighted by molar-refractivity contribution is 6.05. The highest BCUT2D eigenvalue weighted by atomic mass is 19.1. The van der Waals surface area contributed by atoms with E-state index in [1.807, 2.05) is 42.6 Å². The summed E-state index contributed by atoms with van der Waals surface area (Å²) in [5, 5.41) is 7.69. The van der Waals surface area contributed by atoms with E-state index in [1.54, 1.807) is 47.0 Å². The van der Waals surface area contributed by atoms with E-state index in [0.29, 0.717) is 16.9 Å². The number of anilines is 1. The van der Waals surface area contributed by atoms with E-state index in [2.05, 4.69) is 5.32 Å². The minimum absolute atomic E-state index is 0.0352. The van der Waals surface area contributed by atoms with Crippen LogP contribution in [0.15, 0.2) is 85.1 Å². The number of hydrogen-bond donors (Lipinski definition) is 1. The zero-order valence-corrected chi connectivity index (χ0v) is 19.3. The van der Waals surface area contributed by atoms with Gasteiger partial charge in [0, 0.05) is 36.8 Å². The maximum absolute atomic E-state index is 13.5. The molecule has 7 heteroatoms. The Kier molecular flexibility index (Phi) is 6.14. The Balaban J connectivity index is 1.41. The molecule has 5 rings (SSSR count). The minimum Gasteiger partial charge on any atom is -0.348 e. The number of aromatic nitrogens is 2. The lowest BCUT2D eigenvalue weighted by Gasteiger charge is -2.20. The molecule has 3 aromatic carbocycles. The molecule has 1 fully saturated rings. The summed E-state index contributed by atoms with van der Waals surface area (Å²) < 4.78 is 15.3. The molecule has 0 radical (unpaired) electrons. The molecule has 0 saturated heterocycles. The third-order valence-corrected chi connectivity index (χ3v) is 6.14. The van der Waals surface area contributed by atoms with Gasteiger partial charge < -0.3 is 10.2 Å². The highest BCUT2D eigenvalue weighted by Crippen LogP contribution is 2.33. The van der Waals surface area contributed by atoms with Crippen LogP contribution in [-0.4, -0.2) is 28.6 Å². The Morgan fingerprint density at radius 1 is 1.00 bits per heavy atom. The second kappa shape index (κ2) is 9.54. The van der Waals surface area contributed by atoms with Crippen molar-refractivity contribution in [3.63, 3.8) is 0 Å². The molecule has 1 aliphatic carbocycles. The Morgan fingerprint density at radius 2 is 1.69 bits per heavy atom. The predicted octanol–water partition coefficient (Wildman–Crippen LogP) is 4.98. The van der Waals surface area contributed by atoms with Gasteiger partial charge in [0.15, 0.2) is 0 Å². The molecule has 2 amide bonds. The molecular weight excluding hydrogens is 443 g/mol. The van der Waals surface area contributed by atoms with Crippen molar-refractivity contribution in [3.8, 4) is 16.9 Å². The van der Waals surface area contributed by atoms with Gasteiger partial charge in [-0.2, -0.15) is 5.10 Å². The van der Waals surface area contributed by atoms with Gasteiger partial charge in [-0.3, -0.25) is 9.59 Å². The van der Waals surface area contributed by atoms with Crippen molar-refractivity contribution in [1.29, 1.82) is 0 Å². The standard InChI is InChI=1S/C28H25FN4O2/c1-32(28(35)20-11-12-20)25-10-6-5-9-24(25)27(34)30-17-21-18-33(23-7-3-2-4-8-23)31-26(21)19-13-15-22(29)16-14-19/h2-10,13-16,18,20H,11-12,17H2,1H3,(H,30,34). The van der Waals surface area contributed by atoms with Gasteiger partial charge in [0.05, 0.1) is 22.6 Å². The Bertz CT molecular complexity index is 1360. The lowest BCUT2D eigenvalue weighted by atomic mass is 10.1. The molecule has 1 aliphatic rings. The normalized spacial score (nSPS) is 12.9. The van der Waals surface area contributed by atoms with Crippen LogP contribution >= 0.6 is 0 Å². The van der Waals surface area contributed by atoms with E-state index in [9.17, 15) is 14.0 Å². The van der Waals surface area contributed by atoms with Gasteiger partial charge in [0.2, 0.25) is 5.91 Å². The van der Waals surface area contributed by atoms with Crippen LogP contribution in [0.3, 0.4) is 0 Å². The quantitative estimate of drug-likeness (QED) is 0.416. The summed E-state index contributed by atoms with van der Waals surface area (Å²) >= 11 is 0. The lowest BCUT2D eigenvalue weighted by Crippen LogP contribution is -2.31. The van der Waals surface area contributed by atoms with Crippen LogP contribution in [0, 0.1) is 11.7 Å². The van der Waals surface area contributed by atoms with Gasteiger partial charge in [-0.15, -0.1) is 0 Å². The number of benzene rings is 3. The molecule has 176 valence electrons. The smallest absolute Gasteiger partial charge is 0.253 e. The third-order valence-electron chi connectivity index (χ3n) is 6.14. The number of para-hydroxylation sites is 2. The maximum Gasteiger partial charge on any atom is 0.253 e. The van der Waals surface area contributed by atoms with Crippen LogP contribution in [0.4, 0.5) is 10.1 Å². The first kappa shape index (κ1) is 22.5. The molecule has 0 bridgehead atoms. The molecule has 35 heavy (non-hydrogen) atoms. The fourth-order valence-corrected chi connectivity index (χ4v) is 4.05. The van der Waals surface area contributed by atoms with Crippen LogP contribution < -0.4 is 10.2 Å². The third kappa shape index (κ3) is 4.84. The average molecular weight is 469 g/mol. The molecule has 0 aliphatic heterocycles. The van der Waals surface area contributed by atoms with Crippen molar-refractivity contribution in [2.75, 3.05) is 11.9 Å². The van der Waals surface area contributed by atoms with E-state index in [4.69, 9.17) is 5.10 Å². The van der Waals surface area contributed by atoms with E-state index in [0.717, 1.165) is 29.7 Å². The van der Waals surface area contributed by atoms with Gasteiger partial charge in [-0.1, -0.05) is 30.3 Å². The number of nitrogens with zero attached hydrogens (tertiary/aromatic N) is 3. The van der Waals surface area contributed by atoms with Crippen molar-refractivity contribution in [2.45, 2.75) is 19.4 Å². The fraction of sp³-hybridized carbons (Fsp3) is 0.179. The molecule has 1 heterocycles. The summed E-state index contributed by atoms with van der Waals surface area (Å²) in [7, 11) is 1.71. The molecule has 4 aromatic rings. The van der Waals surface area contributed by atoms with Crippen LogP contribution in [0.5, 0.6) is 0 Å². The lowest BCUT2D eigenvalue weighted by molar-refractivity contribution is -0.119. The van der Waals surface area contributed by atoms with Gasteiger partial charge >= 0.3 is 0 Å². The van der Waals surface area contributed by atoms with Crippen molar-refractivity contribution in [1.82, 2.24) is 15.1 Å².